The van der Waals surface area contributed by atoms with Crippen LogP contribution in [-0.2, 0) is 0 Å². The summed E-state index contributed by atoms with van der Waals surface area (Å²) in [6.07, 6.45) is 0. The topological polar surface area (TPSA) is 47.8 Å². The lowest BCUT2D eigenvalue weighted by atomic mass is 10.2. The Labute approximate surface area is 141 Å². The number of thioether (sulfide) groups is 1. The lowest BCUT2D eigenvalue weighted by Gasteiger charge is -2.04. The van der Waals surface area contributed by atoms with Crippen molar-refractivity contribution in [2.45, 2.75) is 11.3 Å². The molecule has 23 heavy (non-hydrogen) atoms. The van der Waals surface area contributed by atoms with Gasteiger partial charge in [0.1, 0.15) is 5.01 Å². The summed E-state index contributed by atoms with van der Waals surface area (Å²) < 4.78 is 2.64. The smallest absolute Gasteiger partial charge is 0.242 e. The van der Waals surface area contributed by atoms with E-state index in [2.05, 4.69) is 22.3 Å². The van der Waals surface area contributed by atoms with E-state index in [4.69, 9.17) is 0 Å². The zero-order valence-electron chi connectivity index (χ0n) is 12.4. The molecule has 0 bridgehead atoms. The lowest BCUT2D eigenvalue weighted by Crippen LogP contribution is -2.12. The zero-order valence-corrected chi connectivity index (χ0v) is 14.0. The van der Waals surface area contributed by atoms with Crippen LogP contribution < -0.4 is 0 Å². The minimum Gasteiger partial charge on any atom is -0.279 e. The molecule has 0 atom stereocenters. The van der Waals surface area contributed by atoms with Gasteiger partial charge >= 0.3 is 0 Å². The van der Waals surface area contributed by atoms with Crippen LogP contribution in [0.3, 0.4) is 0 Å². The van der Waals surface area contributed by atoms with Crippen LogP contribution >= 0.6 is 23.1 Å². The van der Waals surface area contributed by atoms with E-state index in [0.717, 1.165) is 31.2 Å². The van der Waals surface area contributed by atoms with Gasteiger partial charge in [0.2, 0.25) is 5.91 Å². The first-order valence-electron chi connectivity index (χ1n) is 7.18. The summed E-state index contributed by atoms with van der Waals surface area (Å²) in [7, 11) is 0. The number of nitrogens with zero attached hydrogens (tertiary/aromatic N) is 3. The molecule has 0 radical (unpaired) electrons. The van der Waals surface area contributed by atoms with Gasteiger partial charge in [-0.2, -0.15) is 0 Å². The van der Waals surface area contributed by atoms with Gasteiger partial charge in [-0.1, -0.05) is 59.5 Å². The molecule has 0 saturated carbocycles. The monoisotopic (exact) mass is 339 g/mol. The number of aromatic nitrogens is 3. The Balaban J connectivity index is 1.75. The molecular weight excluding hydrogens is 326 g/mol. The highest BCUT2D eigenvalue weighted by Gasteiger charge is 2.16. The minimum atomic E-state index is 0.0558. The van der Waals surface area contributed by atoms with Crippen LogP contribution in [0.15, 0.2) is 52.9 Å². The number of para-hydroxylation sites is 2. The van der Waals surface area contributed by atoms with E-state index >= 15 is 0 Å². The number of aryl methyl sites for hydroxylation is 1. The molecular formula is C17H13N3OS2. The van der Waals surface area contributed by atoms with Gasteiger partial charge in [-0.25, -0.2) is 0 Å². The van der Waals surface area contributed by atoms with Crippen molar-refractivity contribution in [2.75, 3.05) is 5.75 Å². The van der Waals surface area contributed by atoms with Gasteiger partial charge in [-0.05, 0) is 19.1 Å². The summed E-state index contributed by atoms with van der Waals surface area (Å²) in [6, 6.07) is 16.0. The average Bonchev–Trinajstić information content (AvgIpc) is 3.14. The fourth-order valence-electron chi connectivity index (χ4n) is 2.72. The van der Waals surface area contributed by atoms with Gasteiger partial charge in [0.15, 0.2) is 4.34 Å². The fraction of sp³-hybridized carbons (Fsp3) is 0.118. The predicted octanol–water partition coefficient (Wildman–Crippen LogP) is 4.39. The van der Waals surface area contributed by atoms with Crippen LogP contribution in [0.2, 0.25) is 0 Å². The predicted molar refractivity (Wildman–Crippen MR) is 95.4 cm³/mol. The van der Waals surface area contributed by atoms with E-state index in [1.165, 1.54) is 23.1 Å². The first-order valence-corrected chi connectivity index (χ1v) is 8.98. The Morgan fingerprint density at radius 3 is 2.22 bits per heavy atom. The first-order chi connectivity index (χ1) is 11.2. The normalized spacial score (nSPS) is 11.3. The Kier molecular flexibility index (Phi) is 3.63. The number of fused-ring (bicyclic) bond motifs is 3. The zero-order chi connectivity index (χ0) is 15.8. The maximum Gasteiger partial charge on any atom is 0.242 e. The van der Waals surface area contributed by atoms with Gasteiger partial charge < -0.3 is 0 Å². The molecule has 2 aromatic heterocycles. The summed E-state index contributed by atoms with van der Waals surface area (Å²) in [4.78, 5) is 12.8. The maximum atomic E-state index is 12.8. The molecule has 0 N–H and O–H groups in total. The van der Waals surface area contributed by atoms with Crippen molar-refractivity contribution in [3.63, 3.8) is 0 Å². The van der Waals surface area contributed by atoms with E-state index in [0.29, 0.717) is 5.75 Å². The SMILES string of the molecule is Cc1nnc(SCC(=O)n2c3ccccc3c3ccccc32)s1. The van der Waals surface area contributed by atoms with Gasteiger partial charge in [0.05, 0.1) is 16.8 Å². The third-order valence-electron chi connectivity index (χ3n) is 3.66. The van der Waals surface area contributed by atoms with Gasteiger partial charge in [0.25, 0.3) is 0 Å². The van der Waals surface area contributed by atoms with E-state index in [1.807, 2.05) is 47.9 Å². The summed E-state index contributed by atoms with van der Waals surface area (Å²) in [5.74, 6) is 0.400. The van der Waals surface area contributed by atoms with Crippen molar-refractivity contribution in [3.8, 4) is 0 Å². The Bertz CT molecular complexity index is 966. The number of carbonyl (C=O) groups excluding carboxylic acids is 1. The summed E-state index contributed by atoms with van der Waals surface area (Å²) in [5.41, 5.74) is 1.90. The molecule has 0 saturated heterocycles. The van der Waals surface area contributed by atoms with Gasteiger partial charge in [-0.3, -0.25) is 9.36 Å². The van der Waals surface area contributed by atoms with Crippen molar-refractivity contribution in [3.05, 3.63) is 53.5 Å². The van der Waals surface area contributed by atoms with Crippen molar-refractivity contribution < 1.29 is 4.79 Å². The lowest BCUT2D eigenvalue weighted by molar-refractivity contribution is 0.0951. The molecule has 6 heteroatoms. The average molecular weight is 339 g/mol. The molecule has 0 aliphatic carbocycles. The highest BCUT2D eigenvalue weighted by atomic mass is 32.2. The van der Waals surface area contributed by atoms with E-state index in [-0.39, 0.29) is 5.91 Å². The molecule has 2 heterocycles. The molecule has 4 aromatic rings. The third-order valence-corrected chi connectivity index (χ3v) is 5.61. The second-order valence-corrected chi connectivity index (χ2v) is 7.54. The summed E-state index contributed by atoms with van der Waals surface area (Å²) in [6.45, 7) is 1.91. The molecule has 0 spiro atoms. The summed E-state index contributed by atoms with van der Waals surface area (Å²) in [5, 5.41) is 11.2. The molecule has 0 aliphatic heterocycles. The number of hydrogen-bond acceptors (Lipinski definition) is 5. The fourth-order valence-corrected chi connectivity index (χ4v) is 4.38. The van der Waals surface area contributed by atoms with Crippen molar-refractivity contribution in [2.24, 2.45) is 0 Å². The highest BCUT2D eigenvalue weighted by molar-refractivity contribution is 8.01. The van der Waals surface area contributed by atoms with E-state index < -0.39 is 0 Å². The van der Waals surface area contributed by atoms with Crippen molar-refractivity contribution in [1.29, 1.82) is 0 Å². The quantitative estimate of drug-likeness (QED) is 0.520. The second-order valence-electron chi connectivity index (χ2n) is 5.14. The molecule has 0 fully saturated rings. The standard InChI is InChI=1S/C17H13N3OS2/c1-11-18-19-17(23-11)22-10-16(21)20-14-8-4-2-6-12(14)13-7-3-5-9-15(13)20/h2-9H,10H2,1H3. The first kappa shape index (κ1) is 14.4. The Hall–Kier alpha value is -2.18. The van der Waals surface area contributed by atoms with E-state index in [1.54, 1.807) is 0 Å². The second kappa shape index (κ2) is 5.79. The maximum absolute atomic E-state index is 12.8. The number of hydrogen-bond donors (Lipinski definition) is 0. The molecule has 4 nitrogen and oxygen atoms in total. The minimum absolute atomic E-state index is 0.0558. The molecule has 114 valence electrons. The van der Waals surface area contributed by atoms with Crippen LogP contribution in [0.25, 0.3) is 21.8 Å². The van der Waals surface area contributed by atoms with Gasteiger partial charge in [0, 0.05) is 10.8 Å². The van der Waals surface area contributed by atoms with Crippen LogP contribution in [0.5, 0.6) is 0 Å². The molecule has 0 unspecified atom stereocenters. The van der Waals surface area contributed by atoms with Gasteiger partial charge in [-0.15, -0.1) is 10.2 Å². The molecule has 2 aromatic carbocycles. The van der Waals surface area contributed by atoms with Crippen molar-refractivity contribution >= 4 is 50.8 Å². The molecule has 0 aliphatic rings. The van der Waals surface area contributed by atoms with E-state index in [9.17, 15) is 4.79 Å². The highest BCUT2D eigenvalue weighted by Crippen LogP contribution is 2.30. The third kappa shape index (κ3) is 2.54. The Morgan fingerprint density at radius 1 is 1.04 bits per heavy atom. The van der Waals surface area contributed by atoms with Crippen molar-refractivity contribution in [1.82, 2.24) is 14.8 Å². The molecule has 4 rings (SSSR count). The van der Waals surface area contributed by atoms with Crippen LogP contribution in [0.4, 0.5) is 0 Å². The summed E-state index contributed by atoms with van der Waals surface area (Å²) >= 11 is 2.95. The number of carbonyl (C=O) groups is 1. The molecule has 0 amide bonds. The Morgan fingerprint density at radius 2 is 1.65 bits per heavy atom. The van der Waals surface area contributed by atoms with Crippen LogP contribution in [0.1, 0.15) is 9.80 Å². The number of rotatable bonds is 3. The van der Waals surface area contributed by atoms with Crippen LogP contribution in [0, 0.1) is 6.92 Å². The number of benzene rings is 2. The largest absolute Gasteiger partial charge is 0.279 e. The van der Waals surface area contributed by atoms with Crippen LogP contribution in [-0.4, -0.2) is 26.4 Å².